The molecule has 0 atom stereocenters. The third-order valence-electron chi connectivity index (χ3n) is 1.71. The molecule has 0 aromatic rings. The van der Waals surface area contributed by atoms with Gasteiger partial charge in [-0.15, -0.1) is 0 Å². The van der Waals surface area contributed by atoms with Gasteiger partial charge in [-0.25, -0.2) is 0 Å². The molecule has 0 saturated carbocycles. The fraction of sp³-hybridized carbons (Fsp3) is 0.857. The first-order valence-corrected chi connectivity index (χ1v) is 5.59. The van der Waals surface area contributed by atoms with Crippen molar-refractivity contribution in [2.75, 3.05) is 30.3 Å². The number of hydrogen-bond donors (Lipinski definition) is 1. The van der Waals surface area contributed by atoms with Gasteiger partial charge in [0.1, 0.15) is 0 Å². The second kappa shape index (κ2) is 4.93. The Morgan fingerprint density at radius 2 is 2.27 bits per heavy atom. The number of carbonyl (C=O) groups excluding carboxylic acids is 1. The van der Waals surface area contributed by atoms with Crippen molar-refractivity contribution in [1.29, 1.82) is 0 Å². The Morgan fingerprint density at radius 3 is 3.00 bits per heavy atom. The fourth-order valence-electron chi connectivity index (χ4n) is 1.10. The highest BCUT2D eigenvalue weighted by atomic mass is 32.2. The first kappa shape index (κ1) is 9.26. The van der Waals surface area contributed by atoms with E-state index < -0.39 is 0 Å². The molecule has 11 heavy (non-hydrogen) atoms. The third kappa shape index (κ3) is 2.95. The molecule has 0 radical (unpaired) electrons. The number of carbonyl (C=O) groups is 1. The number of hydrogen-bond acceptors (Lipinski definition) is 3. The molecule has 0 aliphatic carbocycles. The Hall–Kier alpha value is 0.170. The lowest BCUT2D eigenvalue weighted by atomic mass is 10.4. The summed E-state index contributed by atoms with van der Waals surface area (Å²) in [6, 6.07) is 0. The van der Waals surface area contributed by atoms with E-state index in [4.69, 9.17) is 0 Å². The summed E-state index contributed by atoms with van der Waals surface area (Å²) in [5.41, 5.74) is 0. The second-order valence-electron chi connectivity index (χ2n) is 2.50. The molecule has 1 amide bonds. The lowest BCUT2D eigenvalue weighted by Crippen LogP contribution is -2.33. The average molecular weight is 191 g/mol. The van der Waals surface area contributed by atoms with Gasteiger partial charge < -0.3 is 4.90 Å². The van der Waals surface area contributed by atoms with Gasteiger partial charge in [0.2, 0.25) is 5.91 Å². The zero-order valence-electron chi connectivity index (χ0n) is 6.45. The zero-order valence-corrected chi connectivity index (χ0v) is 8.16. The Morgan fingerprint density at radius 1 is 1.45 bits per heavy atom. The van der Waals surface area contributed by atoms with Gasteiger partial charge >= 0.3 is 0 Å². The quantitative estimate of drug-likeness (QED) is 0.621. The zero-order chi connectivity index (χ0) is 8.10. The van der Waals surface area contributed by atoms with Crippen LogP contribution in [0.1, 0.15) is 6.42 Å². The van der Waals surface area contributed by atoms with Crippen molar-refractivity contribution in [2.24, 2.45) is 0 Å². The van der Waals surface area contributed by atoms with E-state index in [-0.39, 0.29) is 5.91 Å². The van der Waals surface area contributed by atoms with E-state index in [1.54, 1.807) is 0 Å². The molecular weight excluding hydrogens is 178 g/mol. The molecule has 0 N–H and O–H groups in total. The summed E-state index contributed by atoms with van der Waals surface area (Å²) in [5.74, 6) is 2.80. The fourth-order valence-corrected chi connectivity index (χ4v) is 2.18. The molecular formula is C7H13NOS2. The first-order chi connectivity index (χ1) is 5.34. The van der Waals surface area contributed by atoms with Crippen LogP contribution in [0.3, 0.4) is 0 Å². The number of nitrogens with zero attached hydrogens (tertiary/aromatic N) is 1. The van der Waals surface area contributed by atoms with Gasteiger partial charge in [-0.2, -0.15) is 24.4 Å². The monoisotopic (exact) mass is 191 g/mol. The lowest BCUT2D eigenvalue weighted by molar-refractivity contribution is -0.128. The maximum atomic E-state index is 11.2. The van der Waals surface area contributed by atoms with Crippen LogP contribution in [0.15, 0.2) is 0 Å². The number of amides is 1. The molecule has 2 nitrogen and oxygen atoms in total. The normalized spacial score (nSPS) is 19.5. The smallest absolute Gasteiger partial charge is 0.232 e. The minimum Gasteiger partial charge on any atom is -0.341 e. The Kier molecular flexibility index (Phi) is 4.15. The van der Waals surface area contributed by atoms with Gasteiger partial charge in [-0.3, -0.25) is 4.79 Å². The van der Waals surface area contributed by atoms with Crippen molar-refractivity contribution in [2.45, 2.75) is 6.42 Å². The van der Waals surface area contributed by atoms with E-state index in [0.29, 0.717) is 5.75 Å². The van der Waals surface area contributed by atoms with Crippen molar-refractivity contribution < 1.29 is 4.79 Å². The van der Waals surface area contributed by atoms with Crippen LogP contribution in [0, 0.1) is 0 Å². The largest absolute Gasteiger partial charge is 0.341 e. The highest BCUT2D eigenvalue weighted by Crippen LogP contribution is 2.09. The van der Waals surface area contributed by atoms with Crippen LogP contribution in [0.2, 0.25) is 0 Å². The Labute approximate surface area is 77.1 Å². The highest BCUT2D eigenvalue weighted by molar-refractivity contribution is 7.99. The molecule has 4 heteroatoms. The number of rotatable bonds is 1. The van der Waals surface area contributed by atoms with Gasteiger partial charge in [-0.1, -0.05) is 0 Å². The van der Waals surface area contributed by atoms with Crippen LogP contribution in [-0.4, -0.2) is 41.2 Å². The third-order valence-corrected chi connectivity index (χ3v) is 3.03. The van der Waals surface area contributed by atoms with E-state index in [9.17, 15) is 4.79 Å². The Bertz CT molecular complexity index is 132. The van der Waals surface area contributed by atoms with E-state index in [1.165, 1.54) is 5.75 Å². The predicted octanol–water partition coefficient (Wildman–Crippen LogP) is 0.882. The summed E-state index contributed by atoms with van der Waals surface area (Å²) >= 11 is 5.89. The van der Waals surface area contributed by atoms with E-state index >= 15 is 0 Å². The van der Waals surface area contributed by atoms with Gasteiger partial charge in [0.05, 0.1) is 5.75 Å². The Balaban J connectivity index is 2.36. The molecule has 0 unspecified atom stereocenters. The van der Waals surface area contributed by atoms with Gasteiger partial charge in [0.15, 0.2) is 0 Å². The predicted molar refractivity (Wildman–Crippen MR) is 52.4 cm³/mol. The van der Waals surface area contributed by atoms with Crippen LogP contribution in [0.25, 0.3) is 0 Å². The first-order valence-electron chi connectivity index (χ1n) is 3.81. The molecule has 64 valence electrons. The van der Waals surface area contributed by atoms with Crippen LogP contribution in [-0.2, 0) is 4.79 Å². The average Bonchev–Trinajstić information content (AvgIpc) is 2.30. The molecule has 0 spiro atoms. The summed E-state index contributed by atoms with van der Waals surface area (Å²) in [6.45, 7) is 1.83. The molecule has 1 fully saturated rings. The number of thioether (sulfide) groups is 1. The van der Waals surface area contributed by atoms with Gasteiger partial charge in [-0.05, 0) is 12.2 Å². The summed E-state index contributed by atoms with van der Waals surface area (Å²) < 4.78 is 0. The van der Waals surface area contributed by atoms with E-state index in [1.807, 2.05) is 16.7 Å². The maximum absolute atomic E-state index is 11.2. The van der Waals surface area contributed by atoms with Gasteiger partial charge in [0.25, 0.3) is 0 Å². The molecule has 1 saturated heterocycles. The molecule has 0 aromatic heterocycles. The lowest BCUT2D eigenvalue weighted by Gasteiger charge is -2.18. The van der Waals surface area contributed by atoms with Crippen molar-refractivity contribution in [3.63, 3.8) is 0 Å². The summed E-state index contributed by atoms with van der Waals surface area (Å²) in [5, 5.41) is 0. The van der Waals surface area contributed by atoms with Crippen molar-refractivity contribution in [3.8, 4) is 0 Å². The molecule has 1 aliphatic rings. The van der Waals surface area contributed by atoms with Crippen LogP contribution < -0.4 is 0 Å². The van der Waals surface area contributed by atoms with Crippen molar-refractivity contribution in [3.05, 3.63) is 0 Å². The van der Waals surface area contributed by atoms with Crippen LogP contribution >= 0.6 is 24.4 Å². The molecule has 1 heterocycles. The second-order valence-corrected chi connectivity index (χ2v) is 4.05. The minimum atomic E-state index is 0.177. The van der Waals surface area contributed by atoms with Crippen molar-refractivity contribution >= 4 is 30.3 Å². The van der Waals surface area contributed by atoms with E-state index in [2.05, 4.69) is 12.6 Å². The topological polar surface area (TPSA) is 20.3 Å². The van der Waals surface area contributed by atoms with Gasteiger partial charge in [0, 0.05) is 18.8 Å². The molecule has 0 aromatic carbocycles. The van der Waals surface area contributed by atoms with Crippen molar-refractivity contribution in [1.82, 2.24) is 4.90 Å². The molecule has 0 bridgehead atoms. The summed E-state index contributed by atoms with van der Waals surface area (Å²) in [4.78, 5) is 13.1. The van der Waals surface area contributed by atoms with Crippen LogP contribution in [0.5, 0.6) is 0 Å². The summed E-state index contributed by atoms with van der Waals surface area (Å²) in [7, 11) is 0. The standard InChI is InChI=1S/C7H13NOS2/c9-7(6-10)8-2-1-4-11-5-3-8/h10H,1-6H2. The minimum absolute atomic E-state index is 0.177. The summed E-state index contributed by atoms with van der Waals surface area (Å²) in [6.07, 6.45) is 1.13. The maximum Gasteiger partial charge on any atom is 0.232 e. The molecule has 1 rings (SSSR count). The molecule has 1 aliphatic heterocycles. The highest BCUT2D eigenvalue weighted by Gasteiger charge is 2.13. The van der Waals surface area contributed by atoms with Crippen LogP contribution in [0.4, 0.5) is 0 Å². The van der Waals surface area contributed by atoms with E-state index in [0.717, 1.165) is 25.3 Å². The SMILES string of the molecule is O=C(CS)N1CCCSCC1. The number of thiol groups is 1.